The average molecular weight is 313 g/mol. The molecule has 2 rings (SSSR count). The quantitative estimate of drug-likeness (QED) is 0.817. The number of aromatic nitrogens is 2. The molecule has 0 unspecified atom stereocenters. The predicted octanol–water partition coefficient (Wildman–Crippen LogP) is 0.572. The van der Waals surface area contributed by atoms with E-state index >= 15 is 0 Å². The Labute approximate surface area is 122 Å². The summed E-state index contributed by atoms with van der Waals surface area (Å²) in [5, 5.41) is 13.1. The van der Waals surface area contributed by atoms with E-state index in [4.69, 9.17) is 5.11 Å². The number of aliphatic hydroxyl groups is 1. The monoisotopic (exact) mass is 313 g/mol. The van der Waals surface area contributed by atoms with Crippen molar-refractivity contribution in [3.05, 3.63) is 47.5 Å². The fourth-order valence-corrected chi connectivity index (χ4v) is 3.22. The lowest BCUT2D eigenvalue weighted by molar-refractivity contribution is 0.278. The van der Waals surface area contributed by atoms with Crippen molar-refractivity contribution >= 4 is 10.0 Å². The lowest BCUT2D eigenvalue weighted by Gasteiger charge is -2.10. The van der Waals surface area contributed by atoms with Crippen molar-refractivity contribution in [3.63, 3.8) is 0 Å². The standard InChI is InChI=1S/C13H16FN3O3S/c1-17-12(4-6-15-17)5-7-16-21(19,20)13-8-11(14)3-2-10(13)9-18/h2-4,6,8,16,18H,5,7,9H2,1H3. The molecule has 1 heterocycles. The maximum absolute atomic E-state index is 13.2. The second-order valence-electron chi connectivity index (χ2n) is 4.50. The molecule has 2 N–H and O–H groups in total. The summed E-state index contributed by atoms with van der Waals surface area (Å²) in [5.41, 5.74) is 1.03. The smallest absolute Gasteiger partial charge is 0.241 e. The van der Waals surface area contributed by atoms with Crippen LogP contribution >= 0.6 is 0 Å². The van der Waals surface area contributed by atoms with Gasteiger partial charge in [0.05, 0.1) is 11.5 Å². The second kappa shape index (κ2) is 6.33. The number of sulfonamides is 1. The second-order valence-corrected chi connectivity index (χ2v) is 6.24. The molecule has 0 aliphatic rings. The minimum Gasteiger partial charge on any atom is -0.392 e. The van der Waals surface area contributed by atoms with Crippen molar-refractivity contribution in [2.24, 2.45) is 7.05 Å². The predicted molar refractivity (Wildman–Crippen MR) is 74.4 cm³/mol. The van der Waals surface area contributed by atoms with Crippen molar-refractivity contribution < 1.29 is 17.9 Å². The number of nitrogens with one attached hydrogen (secondary N) is 1. The molecule has 0 radical (unpaired) electrons. The molecule has 8 heteroatoms. The van der Waals surface area contributed by atoms with Crippen LogP contribution in [0.1, 0.15) is 11.3 Å². The van der Waals surface area contributed by atoms with E-state index in [-0.39, 0.29) is 17.0 Å². The third-order valence-corrected chi connectivity index (χ3v) is 4.63. The number of nitrogens with zero attached hydrogens (tertiary/aromatic N) is 2. The Hall–Kier alpha value is -1.77. The summed E-state index contributed by atoms with van der Waals surface area (Å²) < 4.78 is 41.6. The van der Waals surface area contributed by atoms with Gasteiger partial charge < -0.3 is 5.11 Å². The van der Waals surface area contributed by atoms with E-state index in [1.54, 1.807) is 24.0 Å². The topological polar surface area (TPSA) is 84.2 Å². The highest BCUT2D eigenvalue weighted by molar-refractivity contribution is 7.89. The molecule has 1 aromatic heterocycles. The van der Waals surface area contributed by atoms with Crippen LogP contribution in [0.5, 0.6) is 0 Å². The van der Waals surface area contributed by atoms with E-state index in [1.165, 1.54) is 6.07 Å². The molecule has 1 aromatic carbocycles. The number of aryl methyl sites for hydroxylation is 1. The van der Waals surface area contributed by atoms with Crippen molar-refractivity contribution in [2.45, 2.75) is 17.9 Å². The number of rotatable bonds is 6. The zero-order chi connectivity index (χ0) is 15.5. The van der Waals surface area contributed by atoms with Crippen LogP contribution in [-0.2, 0) is 30.1 Å². The van der Waals surface area contributed by atoms with Crippen LogP contribution in [0.15, 0.2) is 35.4 Å². The first-order chi connectivity index (χ1) is 9.94. The van der Waals surface area contributed by atoms with Crippen LogP contribution in [0.25, 0.3) is 0 Å². The number of hydrogen-bond acceptors (Lipinski definition) is 4. The highest BCUT2D eigenvalue weighted by Crippen LogP contribution is 2.17. The van der Waals surface area contributed by atoms with E-state index < -0.39 is 22.4 Å². The van der Waals surface area contributed by atoms with Gasteiger partial charge in [-0.2, -0.15) is 5.10 Å². The van der Waals surface area contributed by atoms with Gasteiger partial charge in [-0.15, -0.1) is 0 Å². The first-order valence-corrected chi connectivity index (χ1v) is 7.78. The van der Waals surface area contributed by atoms with Crippen molar-refractivity contribution in [1.82, 2.24) is 14.5 Å². The lowest BCUT2D eigenvalue weighted by atomic mass is 10.2. The molecule has 0 fully saturated rings. The number of hydrogen-bond donors (Lipinski definition) is 2. The fourth-order valence-electron chi connectivity index (χ4n) is 1.95. The summed E-state index contributed by atoms with van der Waals surface area (Å²) in [5.74, 6) is -0.667. The zero-order valence-electron chi connectivity index (χ0n) is 11.5. The molecule has 2 aromatic rings. The molecule has 0 amide bonds. The lowest BCUT2D eigenvalue weighted by Crippen LogP contribution is -2.27. The van der Waals surface area contributed by atoms with Crippen LogP contribution in [0.3, 0.4) is 0 Å². The number of benzene rings is 1. The normalized spacial score (nSPS) is 11.8. The Morgan fingerprint density at radius 2 is 2.14 bits per heavy atom. The van der Waals surface area contributed by atoms with E-state index in [0.717, 1.165) is 17.8 Å². The molecule has 0 saturated carbocycles. The van der Waals surface area contributed by atoms with Crippen molar-refractivity contribution in [1.29, 1.82) is 0 Å². The van der Waals surface area contributed by atoms with Gasteiger partial charge in [0.1, 0.15) is 5.82 Å². The van der Waals surface area contributed by atoms with Crippen LogP contribution in [-0.4, -0.2) is 29.8 Å². The van der Waals surface area contributed by atoms with Crippen molar-refractivity contribution in [2.75, 3.05) is 6.54 Å². The summed E-state index contributed by atoms with van der Waals surface area (Å²) in [6, 6.07) is 5.05. The minimum absolute atomic E-state index is 0.156. The Kier molecular flexibility index (Phi) is 4.71. The van der Waals surface area contributed by atoms with Gasteiger partial charge in [0.2, 0.25) is 10.0 Å². The number of halogens is 1. The van der Waals surface area contributed by atoms with Crippen LogP contribution in [0.2, 0.25) is 0 Å². The Balaban J connectivity index is 2.12. The highest BCUT2D eigenvalue weighted by Gasteiger charge is 2.18. The fraction of sp³-hybridized carbons (Fsp3) is 0.308. The molecule has 0 bridgehead atoms. The molecule has 0 atom stereocenters. The minimum atomic E-state index is -3.87. The first kappa shape index (κ1) is 15.6. The SMILES string of the molecule is Cn1nccc1CCNS(=O)(=O)c1cc(F)ccc1CO. The molecule has 6 nitrogen and oxygen atoms in total. The molecule has 21 heavy (non-hydrogen) atoms. The molecule has 0 saturated heterocycles. The summed E-state index contributed by atoms with van der Waals surface area (Å²) >= 11 is 0. The molecular formula is C13H16FN3O3S. The summed E-state index contributed by atoms with van der Waals surface area (Å²) in [6.45, 7) is -0.318. The van der Waals surface area contributed by atoms with E-state index in [9.17, 15) is 12.8 Å². The third kappa shape index (κ3) is 3.66. The third-order valence-electron chi connectivity index (χ3n) is 3.08. The molecule has 0 spiro atoms. The van der Waals surface area contributed by atoms with E-state index in [0.29, 0.717) is 6.42 Å². The van der Waals surface area contributed by atoms with Crippen LogP contribution in [0, 0.1) is 5.82 Å². The highest BCUT2D eigenvalue weighted by atomic mass is 32.2. The Bertz CT molecular complexity index is 728. The molecular weight excluding hydrogens is 297 g/mol. The van der Waals surface area contributed by atoms with Crippen LogP contribution in [0.4, 0.5) is 4.39 Å². The van der Waals surface area contributed by atoms with Gasteiger partial charge in [-0.3, -0.25) is 4.68 Å². The van der Waals surface area contributed by atoms with Gasteiger partial charge in [-0.25, -0.2) is 17.5 Å². The van der Waals surface area contributed by atoms with E-state index in [1.807, 2.05) is 0 Å². The van der Waals surface area contributed by atoms with Gasteiger partial charge in [0.25, 0.3) is 0 Å². The Morgan fingerprint density at radius 1 is 1.38 bits per heavy atom. The maximum Gasteiger partial charge on any atom is 0.241 e. The first-order valence-electron chi connectivity index (χ1n) is 6.30. The molecule has 0 aliphatic heterocycles. The molecule has 0 aliphatic carbocycles. The van der Waals surface area contributed by atoms with Gasteiger partial charge in [-0.05, 0) is 23.8 Å². The molecule has 114 valence electrons. The Morgan fingerprint density at radius 3 is 2.76 bits per heavy atom. The van der Waals surface area contributed by atoms with E-state index in [2.05, 4.69) is 9.82 Å². The zero-order valence-corrected chi connectivity index (χ0v) is 12.3. The summed E-state index contributed by atoms with van der Waals surface area (Å²) in [6.07, 6.45) is 2.08. The van der Waals surface area contributed by atoms with Crippen molar-refractivity contribution in [3.8, 4) is 0 Å². The van der Waals surface area contributed by atoms with Gasteiger partial charge >= 0.3 is 0 Å². The van der Waals surface area contributed by atoms with Crippen LogP contribution < -0.4 is 4.72 Å². The largest absolute Gasteiger partial charge is 0.392 e. The van der Waals surface area contributed by atoms with Gasteiger partial charge in [0, 0.05) is 31.9 Å². The summed E-state index contributed by atoms with van der Waals surface area (Å²) in [4.78, 5) is -0.241. The maximum atomic E-state index is 13.2. The van der Waals surface area contributed by atoms with Gasteiger partial charge in [-0.1, -0.05) is 6.07 Å². The summed E-state index contributed by atoms with van der Waals surface area (Å²) in [7, 11) is -2.11. The van der Waals surface area contributed by atoms with Gasteiger partial charge in [0.15, 0.2) is 0 Å². The number of aliphatic hydroxyl groups excluding tert-OH is 1. The average Bonchev–Trinajstić information content (AvgIpc) is 2.84.